The van der Waals surface area contributed by atoms with Crippen LogP contribution in [0.5, 0.6) is 0 Å². The molecule has 0 aliphatic heterocycles. The lowest BCUT2D eigenvalue weighted by atomic mass is 9.94. The summed E-state index contributed by atoms with van der Waals surface area (Å²) in [6, 6.07) is 18.6. The molecule has 0 amide bonds. The first kappa shape index (κ1) is 12.9. The van der Waals surface area contributed by atoms with E-state index in [4.69, 9.17) is 0 Å². The highest BCUT2D eigenvalue weighted by Crippen LogP contribution is 2.23. The molecule has 0 spiro atoms. The summed E-state index contributed by atoms with van der Waals surface area (Å²) in [5, 5.41) is 3.36. The summed E-state index contributed by atoms with van der Waals surface area (Å²) in [6.07, 6.45) is 3.87. The Balaban J connectivity index is 1.72. The highest BCUT2D eigenvalue weighted by molar-refractivity contribution is 5.87. The molecular formula is C18H19NO. The number of nitrogens with one attached hydrogen (secondary N) is 1. The molecule has 1 N–H and O–H groups in total. The Morgan fingerprint density at radius 2 is 1.55 bits per heavy atom. The number of Topliss-reactive ketones (excluding diaryl/α,β-unsaturated/α-hetero) is 1. The van der Waals surface area contributed by atoms with Crippen LogP contribution in [0.15, 0.2) is 54.6 Å². The third kappa shape index (κ3) is 2.90. The molecule has 102 valence electrons. The number of ketones is 1. The molecule has 3 rings (SSSR count). The standard InChI is InChI=1S/C18H19NO/c20-18-9-5-4-8-17(18)19-16-12-10-15(11-13-16)14-6-2-1-3-7-14/h1-3,6-7,10-13,17,19H,4-5,8-9H2/t17-/m0/s1. The summed E-state index contributed by atoms with van der Waals surface area (Å²) in [6.45, 7) is 0. The lowest BCUT2D eigenvalue weighted by Crippen LogP contribution is -2.32. The largest absolute Gasteiger partial charge is 0.375 e. The Hall–Kier alpha value is -2.09. The molecule has 1 aliphatic carbocycles. The van der Waals surface area contributed by atoms with Crippen molar-refractivity contribution in [2.75, 3.05) is 5.32 Å². The predicted octanol–water partition coefficient (Wildman–Crippen LogP) is 4.28. The summed E-state index contributed by atoms with van der Waals surface area (Å²) in [5.74, 6) is 0.350. The van der Waals surface area contributed by atoms with E-state index in [0.717, 1.165) is 31.4 Å². The molecule has 0 saturated heterocycles. The van der Waals surface area contributed by atoms with E-state index < -0.39 is 0 Å². The fourth-order valence-corrected chi connectivity index (χ4v) is 2.73. The van der Waals surface area contributed by atoms with Gasteiger partial charge in [-0.2, -0.15) is 0 Å². The highest BCUT2D eigenvalue weighted by Gasteiger charge is 2.21. The van der Waals surface area contributed by atoms with Crippen LogP contribution in [0.4, 0.5) is 5.69 Å². The van der Waals surface area contributed by atoms with Crippen molar-refractivity contribution in [2.24, 2.45) is 0 Å². The maximum Gasteiger partial charge on any atom is 0.155 e. The molecule has 2 aromatic rings. The Kier molecular flexibility index (Phi) is 3.82. The fraction of sp³-hybridized carbons (Fsp3) is 0.278. The first-order chi connectivity index (χ1) is 9.83. The molecular weight excluding hydrogens is 246 g/mol. The first-order valence-electron chi connectivity index (χ1n) is 7.28. The molecule has 1 aliphatic rings. The minimum absolute atomic E-state index is 0.00586. The van der Waals surface area contributed by atoms with Gasteiger partial charge in [0.1, 0.15) is 0 Å². The van der Waals surface area contributed by atoms with Gasteiger partial charge in [0.25, 0.3) is 0 Å². The molecule has 0 radical (unpaired) electrons. The first-order valence-corrected chi connectivity index (χ1v) is 7.28. The van der Waals surface area contributed by atoms with Crippen LogP contribution in [0.25, 0.3) is 11.1 Å². The van der Waals surface area contributed by atoms with E-state index in [1.54, 1.807) is 0 Å². The third-order valence-corrected chi connectivity index (χ3v) is 3.89. The van der Waals surface area contributed by atoms with Crippen molar-refractivity contribution < 1.29 is 4.79 Å². The number of carbonyl (C=O) groups is 1. The van der Waals surface area contributed by atoms with Crippen molar-refractivity contribution >= 4 is 11.5 Å². The quantitative estimate of drug-likeness (QED) is 0.897. The Morgan fingerprint density at radius 1 is 0.850 bits per heavy atom. The van der Waals surface area contributed by atoms with E-state index in [2.05, 4.69) is 41.7 Å². The summed E-state index contributed by atoms with van der Waals surface area (Å²) >= 11 is 0. The van der Waals surface area contributed by atoms with E-state index in [-0.39, 0.29) is 6.04 Å². The Morgan fingerprint density at radius 3 is 2.25 bits per heavy atom. The second-order valence-electron chi connectivity index (χ2n) is 5.35. The van der Waals surface area contributed by atoms with E-state index >= 15 is 0 Å². The van der Waals surface area contributed by atoms with Gasteiger partial charge in [-0.1, -0.05) is 48.9 Å². The number of anilines is 1. The molecule has 0 bridgehead atoms. The summed E-state index contributed by atoms with van der Waals surface area (Å²) in [4.78, 5) is 11.8. The lowest BCUT2D eigenvalue weighted by molar-refractivity contribution is -0.121. The summed E-state index contributed by atoms with van der Waals surface area (Å²) < 4.78 is 0. The molecule has 2 heteroatoms. The van der Waals surface area contributed by atoms with Crippen molar-refractivity contribution in [3.63, 3.8) is 0 Å². The Bertz CT molecular complexity index is 574. The van der Waals surface area contributed by atoms with Crippen LogP contribution in [0.2, 0.25) is 0 Å². The minimum Gasteiger partial charge on any atom is -0.375 e. The lowest BCUT2D eigenvalue weighted by Gasteiger charge is -2.22. The van der Waals surface area contributed by atoms with Crippen LogP contribution in [-0.4, -0.2) is 11.8 Å². The molecule has 1 saturated carbocycles. The maximum absolute atomic E-state index is 11.8. The maximum atomic E-state index is 11.8. The zero-order valence-electron chi connectivity index (χ0n) is 11.5. The fourth-order valence-electron chi connectivity index (χ4n) is 2.73. The van der Waals surface area contributed by atoms with Crippen LogP contribution in [0.3, 0.4) is 0 Å². The molecule has 20 heavy (non-hydrogen) atoms. The highest BCUT2D eigenvalue weighted by atomic mass is 16.1. The molecule has 0 heterocycles. The van der Waals surface area contributed by atoms with Crippen LogP contribution < -0.4 is 5.32 Å². The normalized spacial score (nSPS) is 18.8. The molecule has 2 aromatic carbocycles. The van der Waals surface area contributed by atoms with Gasteiger partial charge in [0.15, 0.2) is 5.78 Å². The zero-order chi connectivity index (χ0) is 13.8. The van der Waals surface area contributed by atoms with Gasteiger partial charge in [0.05, 0.1) is 6.04 Å². The van der Waals surface area contributed by atoms with Crippen LogP contribution >= 0.6 is 0 Å². The van der Waals surface area contributed by atoms with Gasteiger partial charge in [-0.15, -0.1) is 0 Å². The predicted molar refractivity (Wildman–Crippen MR) is 82.8 cm³/mol. The topological polar surface area (TPSA) is 29.1 Å². The van der Waals surface area contributed by atoms with Crippen molar-refractivity contribution in [3.8, 4) is 11.1 Å². The average Bonchev–Trinajstić information content (AvgIpc) is 2.51. The van der Waals surface area contributed by atoms with Crippen molar-refractivity contribution in [1.29, 1.82) is 0 Å². The van der Waals surface area contributed by atoms with E-state index in [0.29, 0.717) is 5.78 Å². The van der Waals surface area contributed by atoms with Crippen LogP contribution in [-0.2, 0) is 4.79 Å². The minimum atomic E-state index is 0.00586. The van der Waals surface area contributed by atoms with Gasteiger partial charge in [0.2, 0.25) is 0 Å². The van der Waals surface area contributed by atoms with E-state index in [9.17, 15) is 4.79 Å². The average molecular weight is 265 g/mol. The monoisotopic (exact) mass is 265 g/mol. The van der Waals surface area contributed by atoms with Gasteiger partial charge in [-0.3, -0.25) is 4.79 Å². The molecule has 0 aromatic heterocycles. The molecule has 0 unspecified atom stereocenters. The number of carbonyl (C=O) groups excluding carboxylic acids is 1. The SMILES string of the molecule is O=C1CCCC[C@@H]1Nc1ccc(-c2ccccc2)cc1. The summed E-state index contributed by atoms with van der Waals surface area (Å²) in [5.41, 5.74) is 3.45. The summed E-state index contributed by atoms with van der Waals surface area (Å²) in [7, 11) is 0. The third-order valence-electron chi connectivity index (χ3n) is 3.89. The van der Waals surface area contributed by atoms with Gasteiger partial charge in [-0.25, -0.2) is 0 Å². The smallest absolute Gasteiger partial charge is 0.155 e. The van der Waals surface area contributed by atoms with E-state index in [1.165, 1.54) is 11.1 Å². The second-order valence-corrected chi connectivity index (χ2v) is 5.35. The molecule has 1 fully saturated rings. The van der Waals surface area contributed by atoms with Gasteiger partial charge >= 0.3 is 0 Å². The van der Waals surface area contributed by atoms with Crippen LogP contribution in [0, 0.1) is 0 Å². The molecule has 2 nitrogen and oxygen atoms in total. The van der Waals surface area contributed by atoms with E-state index in [1.807, 2.05) is 18.2 Å². The second kappa shape index (κ2) is 5.91. The number of hydrogen-bond acceptors (Lipinski definition) is 2. The number of hydrogen-bond donors (Lipinski definition) is 1. The zero-order valence-corrected chi connectivity index (χ0v) is 11.5. The Labute approximate surface area is 119 Å². The van der Waals surface area contributed by atoms with Crippen molar-refractivity contribution in [1.82, 2.24) is 0 Å². The van der Waals surface area contributed by atoms with Crippen molar-refractivity contribution in [2.45, 2.75) is 31.7 Å². The van der Waals surface area contributed by atoms with Gasteiger partial charge < -0.3 is 5.32 Å². The van der Waals surface area contributed by atoms with Gasteiger partial charge in [0, 0.05) is 12.1 Å². The number of rotatable bonds is 3. The van der Waals surface area contributed by atoms with Crippen molar-refractivity contribution in [3.05, 3.63) is 54.6 Å². The number of benzene rings is 2. The van der Waals surface area contributed by atoms with Gasteiger partial charge in [-0.05, 0) is 36.1 Å². The van der Waals surface area contributed by atoms with Crippen LogP contribution in [0.1, 0.15) is 25.7 Å². The molecule has 1 atom stereocenters.